The van der Waals surface area contributed by atoms with Crippen LogP contribution in [0.5, 0.6) is 0 Å². The number of hydrogen-bond donors (Lipinski definition) is 0. The fraction of sp³-hybridized carbons (Fsp3) is 1.00. The van der Waals surface area contributed by atoms with Crippen LogP contribution in [0.2, 0.25) is 0 Å². The second kappa shape index (κ2) is 1.55. The molecule has 10 heavy (non-hydrogen) atoms. The maximum absolute atomic E-state index is 13.2. The minimum atomic E-state index is -0.410. The highest BCUT2D eigenvalue weighted by molar-refractivity contribution is 7.99. The van der Waals surface area contributed by atoms with Gasteiger partial charge in [-0.15, -0.1) is 0 Å². The van der Waals surface area contributed by atoms with Gasteiger partial charge in [0.25, 0.3) is 0 Å². The molecule has 0 aromatic rings. The Morgan fingerprint density at radius 2 is 2.10 bits per heavy atom. The van der Waals surface area contributed by atoms with Crippen LogP contribution in [-0.2, 0) is 0 Å². The molecule has 0 heterocycles. The molecule has 0 saturated heterocycles. The van der Waals surface area contributed by atoms with E-state index in [2.05, 4.69) is 6.26 Å². The van der Waals surface area contributed by atoms with Crippen molar-refractivity contribution in [1.29, 1.82) is 0 Å². The third-order valence-electron chi connectivity index (χ3n) is 3.69. The number of hydrogen-bond acceptors (Lipinski definition) is 1. The van der Waals surface area contributed by atoms with Crippen molar-refractivity contribution in [2.45, 2.75) is 17.8 Å². The lowest BCUT2D eigenvalue weighted by molar-refractivity contribution is 0.273. The van der Waals surface area contributed by atoms with Gasteiger partial charge in [-0.2, -0.15) is 11.8 Å². The zero-order chi connectivity index (χ0) is 6.88. The summed E-state index contributed by atoms with van der Waals surface area (Å²) in [7, 11) is 0. The highest BCUT2D eigenvalue weighted by atomic mass is 32.2. The Morgan fingerprint density at radius 3 is 2.30 bits per heavy atom. The molecule has 0 aromatic heterocycles. The van der Waals surface area contributed by atoms with E-state index in [9.17, 15) is 4.39 Å². The molecule has 0 N–H and O–H groups in total. The summed E-state index contributed by atoms with van der Waals surface area (Å²) in [5, 5.41) is 0.699. The predicted molar refractivity (Wildman–Crippen MR) is 40.8 cm³/mol. The molecule has 4 saturated carbocycles. The third-order valence-corrected chi connectivity index (χ3v) is 4.90. The molecule has 4 rings (SSSR count). The Balaban J connectivity index is 1.95. The van der Waals surface area contributed by atoms with Gasteiger partial charge in [0.15, 0.2) is 0 Å². The van der Waals surface area contributed by atoms with Gasteiger partial charge in [-0.1, -0.05) is 0 Å². The van der Waals surface area contributed by atoms with Gasteiger partial charge >= 0.3 is 0 Å². The van der Waals surface area contributed by atoms with Gasteiger partial charge in [-0.3, -0.25) is 0 Å². The standard InChI is InChI=1S/C8H11FS/c1-10-8-4-2-3-5(6(3)8)7(4)9/h3-8H,2H2,1H3/t3-,4+,5?,6?,7-,8+/m0/s1. The highest BCUT2D eigenvalue weighted by Gasteiger charge is 2.73. The molecule has 0 aliphatic heterocycles. The fourth-order valence-corrected chi connectivity index (χ4v) is 4.62. The SMILES string of the molecule is CS[C@H]1C2C3[C@@H]2C[C@@H]1[C@@H]3F. The first kappa shape index (κ1) is 5.87. The molecule has 2 unspecified atom stereocenters. The van der Waals surface area contributed by atoms with E-state index in [1.54, 1.807) is 0 Å². The number of alkyl halides is 1. The van der Waals surface area contributed by atoms with Crippen molar-refractivity contribution < 1.29 is 4.39 Å². The molecule has 4 fully saturated rings. The van der Waals surface area contributed by atoms with E-state index in [-0.39, 0.29) is 0 Å². The van der Waals surface area contributed by atoms with Crippen molar-refractivity contribution in [2.24, 2.45) is 23.7 Å². The van der Waals surface area contributed by atoms with Crippen LogP contribution in [0.15, 0.2) is 0 Å². The largest absolute Gasteiger partial charge is 0.247 e. The predicted octanol–water partition coefficient (Wildman–Crippen LogP) is 1.95. The van der Waals surface area contributed by atoms with Gasteiger partial charge < -0.3 is 0 Å². The molecule has 4 bridgehead atoms. The first-order valence-corrected chi connectivity index (χ1v) is 5.30. The van der Waals surface area contributed by atoms with Crippen LogP contribution in [0.4, 0.5) is 4.39 Å². The average molecular weight is 158 g/mol. The summed E-state index contributed by atoms with van der Waals surface area (Å²) >= 11 is 1.90. The Bertz CT molecular complexity index is 182. The Labute approximate surface area is 64.6 Å². The van der Waals surface area contributed by atoms with Crippen LogP contribution in [0.1, 0.15) is 6.42 Å². The summed E-state index contributed by atoms with van der Waals surface area (Å²) in [6.07, 6.45) is 2.93. The summed E-state index contributed by atoms with van der Waals surface area (Å²) in [4.78, 5) is 0. The van der Waals surface area contributed by atoms with Gasteiger partial charge in [-0.25, -0.2) is 4.39 Å². The minimum absolute atomic E-state index is 0.410. The van der Waals surface area contributed by atoms with Gasteiger partial charge in [0, 0.05) is 11.2 Å². The second-order valence-corrected chi connectivity index (χ2v) is 4.88. The molecule has 0 radical (unpaired) electrons. The molecule has 56 valence electrons. The maximum atomic E-state index is 13.2. The Hall–Kier alpha value is 0.280. The molecule has 0 aromatic carbocycles. The summed E-state index contributed by atoms with van der Waals surface area (Å²) in [5.41, 5.74) is 0. The van der Waals surface area contributed by atoms with Crippen molar-refractivity contribution in [3.8, 4) is 0 Å². The molecule has 6 atom stereocenters. The minimum Gasteiger partial charge on any atom is -0.247 e. The molecular weight excluding hydrogens is 147 g/mol. The monoisotopic (exact) mass is 158 g/mol. The van der Waals surface area contributed by atoms with E-state index in [0.717, 1.165) is 11.8 Å². The Morgan fingerprint density at radius 1 is 1.30 bits per heavy atom. The first-order chi connectivity index (χ1) is 4.84. The topological polar surface area (TPSA) is 0 Å². The molecule has 0 nitrogen and oxygen atoms in total. The van der Waals surface area contributed by atoms with Crippen molar-refractivity contribution in [3.05, 3.63) is 0 Å². The molecule has 4 aliphatic rings. The van der Waals surface area contributed by atoms with Crippen LogP contribution in [-0.4, -0.2) is 17.7 Å². The lowest BCUT2D eigenvalue weighted by Crippen LogP contribution is -2.13. The van der Waals surface area contributed by atoms with E-state index in [0.29, 0.717) is 17.1 Å². The summed E-state index contributed by atoms with van der Waals surface area (Å²) in [5.74, 6) is 2.59. The van der Waals surface area contributed by atoms with E-state index >= 15 is 0 Å². The van der Waals surface area contributed by atoms with Crippen LogP contribution in [0, 0.1) is 23.7 Å². The molecule has 4 aliphatic carbocycles. The Kier molecular flexibility index (Phi) is 0.908. The van der Waals surface area contributed by atoms with Crippen LogP contribution in [0.25, 0.3) is 0 Å². The van der Waals surface area contributed by atoms with E-state index < -0.39 is 6.17 Å². The summed E-state index contributed by atoms with van der Waals surface area (Å²) in [6, 6.07) is 0. The van der Waals surface area contributed by atoms with E-state index in [1.165, 1.54) is 6.42 Å². The summed E-state index contributed by atoms with van der Waals surface area (Å²) in [6.45, 7) is 0. The first-order valence-electron chi connectivity index (χ1n) is 4.01. The third kappa shape index (κ3) is 0.421. The highest BCUT2D eigenvalue weighted by Crippen LogP contribution is 2.73. The van der Waals surface area contributed by atoms with E-state index in [1.807, 2.05) is 11.8 Å². The van der Waals surface area contributed by atoms with Crippen LogP contribution < -0.4 is 0 Å². The molecular formula is C8H11FS. The van der Waals surface area contributed by atoms with Gasteiger partial charge in [0.2, 0.25) is 0 Å². The molecule has 0 spiro atoms. The van der Waals surface area contributed by atoms with Gasteiger partial charge in [0.05, 0.1) is 0 Å². The maximum Gasteiger partial charge on any atom is 0.107 e. The molecule has 2 heteroatoms. The number of thioether (sulfide) groups is 1. The molecule has 0 amide bonds. The summed E-state index contributed by atoms with van der Waals surface area (Å²) < 4.78 is 13.2. The smallest absolute Gasteiger partial charge is 0.107 e. The lowest BCUT2D eigenvalue weighted by atomic mass is 10.1. The number of halogens is 1. The van der Waals surface area contributed by atoms with Crippen LogP contribution in [0.3, 0.4) is 0 Å². The number of rotatable bonds is 1. The zero-order valence-electron chi connectivity index (χ0n) is 5.96. The van der Waals surface area contributed by atoms with Crippen LogP contribution >= 0.6 is 11.8 Å². The van der Waals surface area contributed by atoms with Crippen molar-refractivity contribution in [2.75, 3.05) is 6.26 Å². The lowest BCUT2D eigenvalue weighted by Gasteiger charge is -2.11. The van der Waals surface area contributed by atoms with Crippen molar-refractivity contribution in [1.82, 2.24) is 0 Å². The van der Waals surface area contributed by atoms with E-state index in [4.69, 9.17) is 0 Å². The average Bonchev–Trinajstić information content (AvgIpc) is 2.29. The second-order valence-electron chi connectivity index (χ2n) is 3.86. The zero-order valence-corrected chi connectivity index (χ0v) is 6.77. The van der Waals surface area contributed by atoms with Gasteiger partial charge in [0.1, 0.15) is 6.17 Å². The van der Waals surface area contributed by atoms with Crippen molar-refractivity contribution >= 4 is 11.8 Å². The fourth-order valence-electron chi connectivity index (χ4n) is 3.32. The quantitative estimate of drug-likeness (QED) is 0.562. The normalized spacial score (nSPS) is 69.0. The van der Waals surface area contributed by atoms with Crippen molar-refractivity contribution in [3.63, 3.8) is 0 Å². The van der Waals surface area contributed by atoms with Gasteiger partial charge in [-0.05, 0) is 30.4 Å².